The lowest BCUT2D eigenvalue weighted by atomic mass is 10.2. The fourth-order valence-corrected chi connectivity index (χ4v) is 1.88. The highest BCUT2D eigenvalue weighted by molar-refractivity contribution is 5.59. The van der Waals surface area contributed by atoms with Gasteiger partial charge in [0.05, 0.1) is 24.0 Å². The van der Waals surface area contributed by atoms with E-state index in [1.165, 1.54) is 0 Å². The zero-order chi connectivity index (χ0) is 15.4. The molecule has 0 unspecified atom stereocenters. The normalized spacial score (nSPS) is 10.0. The van der Waals surface area contributed by atoms with Gasteiger partial charge in [0.2, 0.25) is 0 Å². The second-order valence-electron chi connectivity index (χ2n) is 4.66. The van der Waals surface area contributed by atoms with Crippen molar-refractivity contribution in [2.45, 2.75) is 6.92 Å². The first-order valence-corrected chi connectivity index (χ1v) is 6.61. The largest absolute Gasteiger partial charge is 0.339 e. The highest BCUT2D eigenvalue weighted by Crippen LogP contribution is 2.17. The molecule has 0 bridgehead atoms. The van der Waals surface area contributed by atoms with Crippen LogP contribution in [-0.4, -0.2) is 20.2 Å². The third-order valence-corrected chi connectivity index (χ3v) is 2.88. The summed E-state index contributed by atoms with van der Waals surface area (Å²) in [6, 6.07) is 11.1. The number of benzene rings is 1. The first kappa shape index (κ1) is 13.6. The molecule has 0 aliphatic heterocycles. The van der Waals surface area contributed by atoms with E-state index < -0.39 is 0 Å². The molecule has 22 heavy (non-hydrogen) atoms. The Bertz CT molecular complexity index is 814. The Hall–Kier alpha value is -3.40. The summed E-state index contributed by atoms with van der Waals surface area (Å²) in [7, 11) is 0. The lowest BCUT2D eigenvalue weighted by Gasteiger charge is -2.07. The Kier molecular flexibility index (Phi) is 3.66. The van der Waals surface area contributed by atoms with Crippen molar-refractivity contribution in [2.75, 3.05) is 10.6 Å². The van der Waals surface area contributed by atoms with Gasteiger partial charge in [-0.2, -0.15) is 10.4 Å². The van der Waals surface area contributed by atoms with Crippen molar-refractivity contribution in [3.63, 3.8) is 0 Å². The van der Waals surface area contributed by atoms with Crippen LogP contribution < -0.4 is 10.6 Å². The standard InChI is InChI=1S/C15H13N7/c1-10-6-13(22-21-10)19-15-9-17-8-14(20-15)18-12-4-2-11(7-16)3-5-12/h2-6,8-9H,1H3,(H3,18,19,20,21,22). The van der Waals surface area contributed by atoms with E-state index in [2.05, 4.69) is 36.9 Å². The summed E-state index contributed by atoms with van der Waals surface area (Å²) in [6.07, 6.45) is 3.24. The second kappa shape index (κ2) is 5.93. The van der Waals surface area contributed by atoms with Crippen molar-refractivity contribution in [3.8, 4) is 6.07 Å². The number of nitrogens with one attached hydrogen (secondary N) is 3. The summed E-state index contributed by atoms with van der Waals surface area (Å²) >= 11 is 0. The quantitative estimate of drug-likeness (QED) is 0.683. The third-order valence-electron chi connectivity index (χ3n) is 2.88. The first-order valence-electron chi connectivity index (χ1n) is 6.61. The summed E-state index contributed by atoms with van der Waals surface area (Å²) < 4.78 is 0. The van der Waals surface area contributed by atoms with Crippen LogP contribution in [0.15, 0.2) is 42.7 Å². The molecule has 0 aliphatic rings. The second-order valence-corrected chi connectivity index (χ2v) is 4.66. The minimum absolute atomic E-state index is 0.588. The lowest BCUT2D eigenvalue weighted by molar-refractivity contribution is 1.05. The van der Waals surface area contributed by atoms with Gasteiger partial charge >= 0.3 is 0 Å². The maximum Gasteiger partial charge on any atom is 0.153 e. The zero-order valence-corrected chi connectivity index (χ0v) is 11.8. The molecule has 2 heterocycles. The molecule has 0 fully saturated rings. The predicted octanol–water partition coefficient (Wildman–Crippen LogP) is 2.87. The van der Waals surface area contributed by atoms with E-state index >= 15 is 0 Å². The molecule has 1 aromatic carbocycles. The van der Waals surface area contributed by atoms with E-state index in [4.69, 9.17) is 5.26 Å². The lowest BCUT2D eigenvalue weighted by Crippen LogP contribution is -1.99. The van der Waals surface area contributed by atoms with Gasteiger partial charge < -0.3 is 10.6 Å². The molecule has 0 aliphatic carbocycles. The molecule has 7 heteroatoms. The Morgan fingerprint density at radius 3 is 2.41 bits per heavy atom. The number of nitrogens with zero attached hydrogens (tertiary/aromatic N) is 4. The molecule has 0 amide bonds. The van der Waals surface area contributed by atoms with Crippen molar-refractivity contribution in [2.24, 2.45) is 0 Å². The maximum absolute atomic E-state index is 8.79. The summed E-state index contributed by atoms with van der Waals surface area (Å²) in [5, 5.41) is 21.9. The molecule has 3 N–H and O–H groups in total. The van der Waals surface area contributed by atoms with Crippen LogP contribution in [0.5, 0.6) is 0 Å². The number of nitriles is 1. The molecular weight excluding hydrogens is 278 g/mol. The number of H-pyrrole nitrogens is 1. The molecule has 108 valence electrons. The summed E-state index contributed by atoms with van der Waals surface area (Å²) in [4.78, 5) is 8.55. The van der Waals surface area contributed by atoms with Gasteiger partial charge in [0.15, 0.2) is 17.5 Å². The fraction of sp³-hybridized carbons (Fsp3) is 0.0667. The van der Waals surface area contributed by atoms with Gasteiger partial charge in [-0.3, -0.25) is 10.1 Å². The van der Waals surface area contributed by atoms with Crippen LogP contribution in [0.1, 0.15) is 11.3 Å². The number of aromatic nitrogens is 4. The summed E-state index contributed by atoms with van der Waals surface area (Å²) in [6.45, 7) is 1.92. The van der Waals surface area contributed by atoms with Gasteiger partial charge in [0, 0.05) is 17.4 Å². The van der Waals surface area contributed by atoms with Crippen molar-refractivity contribution in [1.29, 1.82) is 5.26 Å². The van der Waals surface area contributed by atoms with Gasteiger partial charge in [0.1, 0.15) is 0 Å². The van der Waals surface area contributed by atoms with Crippen LogP contribution >= 0.6 is 0 Å². The Labute approximate surface area is 127 Å². The number of anilines is 4. The average molecular weight is 291 g/mol. The third kappa shape index (κ3) is 3.19. The van der Waals surface area contributed by atoms with Crippen molar-refractivity contribution < 1.29 is 0 Å². The zero-order valence-electron chi connectivity index (χ0n) is 11.8. The van der Waals surface area contributed by atoms with Gasteiger partial charge in [-0.1, -0.05) is 0 Å². The highest BCUT2D eigenvalue weighted by Gasteiger charge is 2.03. The Balaban J connectivity index is 1.74. The van der Waals surface area contributed by atoms with Crippen LogP contribution in [-0.2, 0) is 0 Å². The van der Waals surface area contributed by atoms with E-state index in [-0.39, 0.29) is 0 Å². The van der Waals surface area contributed by atoms with Gasteiger partial charge in [-0.15, -0.1) is 0 Å². The van der Waals surface area contributed by atoms with Gasteiger partial charge in [-0.05, 0) is 31.2 Å². The number of rotatable bonds is 4. The first-order chi connectivity index (χ1) is 10.7. The van der Waals surface area contributed by atoms with Crippen LogP contribution in [0, 0.1) is 18.3 Å². The minimum atomic E-state index is 0.588. The van der Waals surface area contributed by atoms with Crippen LogP contribution in [0.3, 0.4) is 0 Å². The van der Waals surface area contributed by atoms with E-state index in [1.807, 2.05) is 25.1 Å². The van der Waals surface area contributed by atoms with Crippen LogP contribution in [0.4, 0.5) is 23.1 Å². The summed E-state index contributed by atoms with van der Waals surface area (Å²) in [5.41, 5.74) is 2.41. The number of hydrogen-bond acceptors (Lipinski definition) is 6. The van der Waals surface area contributed by atoms with E-state index in [0.717, 1.165) is 11.4 Å². The number of hydrogen-bond donors (Lipinski definition) is 3. The molecule has 0 spiro atoms. The molecule has 0 saturated heterocycles. The number of aryl methyl sites for hydroxylation is 1. The minimum Gasteiger partial charge on any atom is -0.339 e. The van der Waals surface area contributed by atoms with Crippen molar-refractivity contribution in [1.82, 2.24) is 20.2 Å². The Morgan fingerprint density at radius 2 is 1.77 bits per heavy atom. The van der Waals surface area contributed by atoms with E-state index in [1.54, 1.807) is 24.5 Å². The molecule has 0 radical (unpaired) electrons. The van der Waals surface area contributed by atoms with E-state index in [9.17, 15) is 0 Å². The SMILES string of the molecule is Cc1cc(Nc2cncc(Nc3ccc(C#N)cc3)n2)n[nH]1. The molecule has 2 aromatic heterocycles. The van der Waals surface area contributed by atoms with Crippen molar-refractivity contribution >= 4 is 23.1 Å². The van der Waals surface area contributed by atoms with Crippen LogP contribution in [0.2, 0.25) is 0 Å². The predicted molar refractivity (Wildman–Crippen MR) is 83.1 cm³/mol. The highest BCUT2D eigenvalue weighted by atomic mass is 15.2. The monoisotopic (exact) mass is 291 g/mol. The van der Waals surface area contributed by atoms with Crippen LogP contribution in [0.25, 0.3) is 0 Å². The maximum atomic E-state index is 8.79. The molecular formula is C15H13N7. The molecule has 7 nitrogen and oxygen atoms in total. The smallest absolute Gasteiger partial charge is 0.153 e. The summed E-state index contributed by atoms with van der Waals surface area (Å²) in [5.74, 6) is 1.87. The molecule has 0 atom stereocenters. The molecule has 0 saturated carbocycles. The van der Waals surface area contributed by atoms with E-state index in [0.29, 0.717) is 23.0 Å². The molecule has 3 rings (SSSR count). The number of aromatic amines is 1. The average Bonchev–Trinajstić information content (AvgIpc) is 2.93. The van der Waals surface area contributed by atoms with Gasteiger partial charge in [0.25, 0.3) is 0 Å². The van der Waals surface area contributed by atoms with Gasteiger partial charge in [-0.25, -0.2) is 4.98 Å². The molecule has 3 aromatic rings. The Morgan fingerprint density at radius 1 is 1.05 bits per heavy atom. The fourth-order valence-electron chi connectivity index (χ4n) is 1.88. The van der Waals surface area contributed by atoms with Crippen molar-refractivity contribution in [3.05, 3.63) is 54.0 Å². The topological polar surface area (TPSA) is 102 Å².